The molecule has 1 aromatic rings. The van der Waals surface area contributed by atoms with E-state index in [2.05, 4.69) is 5.32 Å². The third-order valence-electron chi connectivity index (χ3n) is 3.51. The summed E-state index contributed by atoms with van der Waals surface area (Å²) in [6.45, 7) is 1.99. The summed E-state index contributed by atoms with van der Waals surface area (Å²) in [6, 6.07) is 6.70. The van der Waals surface area contributed by atoms with Crippen LogP contribution in [0.15, 0.2) is 29.2 Å². The van der Waals surface area contributed by atoms with Crippen LogP contribution in [0.2, 0.25) is 0 Å². The molecule has 2 N–H and O–H groups in total. The molecule has 2 atom stereocenters. The molecule has 116 valence electrons. The largest absolute Gasteiger partial charge is 0.479 e. The Balaban J connectivity index is 2.03. The van der Waals surface area contributed by atoms with E-state index in [1.165, 1.54) is 0 Å². The lowest BCUT2D eigenvalue weighted by molar-refractivity contribution is -0.149. The van der Waals surface area contributed by atoms with Crippen LogP contribution in [0.5, 0.6) is 0 Å². The molecule has 0 saturated carbocycles. The van der Waals surface area contributed by atoms with E-state index in [1.54, 1.807) is 31.2 Å². The second-order valence-corrected chi connectivity index (χ2v) is 7.19. The van der Waals surface area contributed by atoms with E-state index in [0.29, 0.717) is 25.1 Å². The fraction of sp³-hybridized carbons (Fsp3) is 0.500. The lowest BCUT2D eigenvalue weighted by atomic mass is 10.2. The number of rotatable bonds is 6. The van der Waals surface area contributed by atoms with Gasteiger partial charge in [0.2, 0.25) is 0 Å². The summed E-state index contributed by atoms with van der Waals surface area (Å²) in [4.78, 5) is 11.1. The van der Waals surface area contributed by atoms with Gasteiger partial charge in [0, 0.05) is 6.54 Å². The maximum absolute atomic E-state index is 12.0. The molecule has 0 aliphatic carbocycles. The van der Waals surface area contributed by atoms with Gasteiger partial charge in [-0.2, -0.15) is 0 Å². The van der Waals surface area contributed by atoms with Crippen molar-refractivity contribution in [2.24, 2.45) is 0 Å². The average Bonchev–Trinajstić information content (AvgIpc) is 2.94. The predicted octanol–water partition coefficient (Wildman–Crippen LogP) is 1.52. The van der Waals surface area contributed by atoms with E-state index in [9.17, 15) is 13.2 Å². The first kappa shape index (κ1) is 15.8. The zero-order valence-electron chi connectivity index (χ0n) is 11.8. The number of anilines is 1. The van der Waals surface area contributed by atoms with E-state index in [0.717, 1.165) is 0 Å². The van der Waals surface area contributed by atoms with Gasteiger partial charge in [-0.15, -0.1) is 0 Å². The molecule has 0 amide bonds. The molecule has 1 aromatic carbocycles. The normalized spacial score (nSPS) is 22.1. The second-order valence-electron chi connectivity index (χ2n) is 4.94. The number of carbonyl (C=O) groups is 1. The highest BCUT2D eigenvalue weighted by molar-refractivity contribution is 7.91. The average molecular weight is 313 g/mol. The molecule has 0 aromatic heterocycles. The standard InChI is InChI=1S/C14H19NO5S/c1-2-21(18,19)13-6-4-3-5-11(13)15-9-10-7-8-12(20-10)14(16)17/h3-6,10,12,15H,2,7-9H2,1H3,(H,16,17). The zero-order chi connectivity index (χ0) is 15.5. The van der Waals surface area contributed by atoms with Gasteiger partial charge >= 0.3 is 5.97 Å². The van der Waals surface area contributed by atoms with Crippen molar-refractivity contribution in [1.29, 1.82) is 0 Å². The molecule has 1 saturated heterocycles. The number of sulfone groups is 1. The van der Waals surface area contributed by atoms with Crippen molar-refractivity contribution >= 4 is 21.5 Å². The molecule has 1 aliphatic heterocycles. The molecule has 2 unspecified atom stereocenters. The van der Waals surface area contributed by atoms with Crippen molar-refractivity contribution in [3.8, 4) is 0 Å². The Morgan fingerprint density at radius 3 is 2.71 bits per heavy atom. The Morgan fingerprint density at radius 2 is 2.10 bits per heavy atom. The van der Waals surface area contributed by atoms with Crippen LogP contribution in [0, 0.1) is 0 Å². The number of hydrogen-bond acceptors (Lipinski definition) is 5. The van der Waals surface area contributed by atoms with Gasteiger partial charge in [0.15, 0.2) is 15.9 Å². The Labute approximate surface area is 124 Å². The lowest BCUT2D eigenvalue weighted by Gasteiger charge is -2.15. The summed E-state index contributed by atoms with van der Waals surface area (Å²) in [7, 11) is -3.30. The van der Waals surface area contributed by atoms with E-state index in [1.807, 2.05) is 0 Å². The molecule has 1 heterocycles. The Hall–Kier alpha value is -1.60. The minimum Gasteiger partial charge on any atom is -0.479 e. The van der Waals surface area contributed by atoms with Gasteiger partial charge in [0.1, 0.15) is 0 Å². The van der Waals surface area contributed by atoms with Crippen LogP contribution >= 0.6 is 0 Å². The number of hydrogen-bond donors (Lipinski definition) is 2. The number of para-hydroxylation sites is 1. The number of ether oxygens (including phenoxy) is 1. The lowest BCUT2D eigenvalue weighted by Crippen LogP contribution is -2.25. The number of aliphatic carboxylic acids is 1. The summed E-state index contributed by atoms with van der Waals surface area (Å²) >= 11 is 0. The zero-order valence-corrected chi connectivity index (χ0v) is 12.6. The fourth-order valence-electron chi connectivity index (χ4n) is 2.30. The minimum absolute atomic E-state index is 0.0344. The van der Waals surface area contributed by atoms with Gasteiger partial charge in [-0.25, -0.2) is 13.2 Å². The van der Waals surface area contributed by atoms with Crippen molar-refractivity contribution in [3.05, 3.63) is 24.3 Å². The molecule has 1 aliphatic rings. The third-order valence-corrected chi connectivity index (χ3v) is 5.29. The van der Waals surface area contributed by atoms with E-state index >= 15 is 0 Å². The highest BCUT2D eigenvalue weighted by Crippen LogP contribution is 2.24. The highest BCUT2D eigenvalue weighted by atomic mass is 32.2. The second kappa shape index (κ2) is 6.44. The highest BCUT2D eigenvalue weighted by Gasteiger charge is 2.30. The quantitative estimate of drug-likeness (QED) is 0.827. The molecule has 21 heavy (non-hydrogen) atoms. The van der Waals surface area contributed by atoms with Crippen molar-refractivity contribution in [2.75, 3.05) is 17.6 Å². The molecule has 7 heteroatoms. The molecule has 1 fully saturated rings. The summed E-state index contributed by atoms with van der Waals surface area (Å²) in [6.07, 6.45) is 0.151. The summed E-state index contributed by atoms with van der Waals surface area (Å²) < 4.78 is 29.4. The van der Waals surface area contributed by atoms with Gasteiger partial charge in [-0.1, -0.05) is 19.1 Å². The predicted molar refractivity (Wildman–Crippen MR) is 78.2 cm³/mol. The third kappa shape index (κ3) is 3.74. The van der Waals surface area contributed by atoms with Crippen LogP contribution in [0.4, 0.5) is 5.69 Å². The maximum Gasteiger partial charge on any atom is 0.332 e. The number of carboxylic acid groups (broad SMARTS) is 1. The van der Waals surface area contributed by atoms with Crippen molar-refractivity contribution < 1.29 is 23.1 Å². The van der Waals surface area contributed by atoms with E-state index < -0.39 is 21.9 Å². The molecule has 2 rings (SSSR count). The monoisotopic (exact) mass is 313 g/mol. The van der Waals surface area contributed by atoms with E-state index in [4.69, 9.17) is 9.84 Å². The van der Waals surface area contributed by atoms with Crippen molar-refractivity contribution in [2.45, 2.75) is 36.9 Å². The molecule has 0 radical (unpaired) electrons. The number of carboxylic acids is 1. The minimum atomic E-state index is -3.30. The van der Waals surface area contributed by atoms with Crippen LogP contribution < -0.4 is 5.32 Å². The topological polar surface area (TPSA) is 92.7 Å². The van der Waals surface area contributed by atoms with Gasteiger partial charge in [0.05, 0.1) is 22.4 Å². The SMILES string of the molecule is CCS(=O)(=O)c1ccccc1NCC1CCC(C(=O)O)O1. The van der Waals surface area contributed by atoms with Gasteiger partial charge < -0.3 is 15.2 Å². The van der Waals surface area contributed by atoms with Crippen LogP contribution in [0.25, 0.3) is 0 Å². The van der Waals surface area contributed by atoms with Gasteiger partial charge in [0.25, 0.3) is 0 Å². The van der Waals surface area contributed by atoms with Crippen LogP contribution in [-0.2, 0) is 19.4 Å². The maximum atomic E-state index is 12.0. The molecule has 0 bridgehead atoms. The van der Waals surface area contributed by atoms with Crippen molar-refractivity contribution in [3.63, 3.8) is 0 Å². The molecular weight excluding hydrogens is 294 g/mol. The van der Waals surface area contributed by atoms with Crippen molar-refractivity contribution in [1.82, 2.24) is 0 Å². The Kier molecular flexibility index (Phi) is 4.84. The molecular formula is C14H19NO5S. The first-order chi connectivity index (χ1) is 9.94. The molecule has 6 nitrogen and oxygen atoms in total. The summed E-state index contributed by atoms with van der Waals surface area (Å²) in [5, 5.41) is 11.9. The van der Waals surface area contributed by atoms with Gasteiger partial charge in [-0.3, -0.25) is 0 Å². The molecule has 0 spiro atoms. The van der Waals surface area contributed by atoms with Crippen LogP contribution in [0.3, 0.4) is 0 Å². The fourth-order valence-corrected chi connectivity index (χ4v) is 3.37. The Bertz CT molecular complexity index is 614. The summed E-state index contributed by atoms with van der Waals surface area (Å²) in [5.74, 6) is -0.918. The van der Waals surface area contributed by atoms with Crippen LogP contribution in [0.1, 0.15) is 19.8 Å². The van der Waals surface area contributed by atoms with E-state index in [-0.39, 0.29) is 16.8 Å². The first-order valence-electron chi connectivity index (χ1n) is 6.88. The number of nitrogens with one attached hydrogen (secondary N) is 1. The first-order valence-corrected chi connectivity index (χ1v) is 8.53. The van der Waals surface area contributed by atoms with Crippen LogP contribution in [-0.4, -0.2) is 44.0 Å². The Morgan fingerprint density at radius 1 is 1.38 bits per heavy atom. The smallest absolute Gasteiger partial charge is 0.332 e. The van der Waals surface area contributed by atoms with Gasteiger partial charge in [-0.05, 0) is 25.0 Å². The number of benzene rings is 1. The summed E-state index contributed by atoms with van der Waals surface area (Å²) in [5.41, 5.74) is 0.529.